The average Bonchev–Trinajstić information content (AvgIpc) is 2.04. The molecule has 0 aromatic heterocycles. The fraction of sp³-hybridized carbons (Fsp3) is 0.455. The normalized spacial score (nSPS) is 8.75. The molecule has 0 heterocycles. The van der Waals surface area contributed by atoms with Gasteiger partial charge in [-0.2, -0.15) is 0 Å². The third kappa shape index (κ3) is 2.57. The molecule has 1 heteroatoms. The maximum Gasteiger partial charge on any atom is 0.121 e. The second kappa shape index (κ2) is 4.81. The first-order valence-electron chi connectivity index (χ1n) is 4.38. The lowest BCUT2D eigenvalue weighted by molar-refractivity contribution is 0.466. The highest BCUT2D eigenvalue weighted by Gasteiger charge is 1.98. The second-order valence-corrected chi connectivity index (χ2v) is 2.75. The van der Waals surface area contributed by atoms with Gasteiger partial charge in [-0.15, -0.1) is 0 Å². The predicted octanol–water partition coefficient (Wildman–Crippen LogP) is 3.34. The first-order chi connectivity index (χ1) is 5.61. The summed E-state index contributed by atoms with van der Waals surface area (Å²) in [5.74, 6) is 0.422. The molecule has 0 atom stereocenters. The van der Waals surface area contributed by atoms with Crippen LogP contribution in [0.3, 0.4) is 0 Å². The summed E-state index contributed by atoms with van der Waals surface area (Å²) in [6, 6.07) is 3.95. The van der Waals surface area contributed by atoms with Gasteiger partial charge in [0.25, 0.3) is 0 Å². The Kier molecular flexibility index (Phi) is 4.42. The van der Waals surface area contributed by atoms with Gasteiger partial charge in [-0.1, -0.05) is 31.5 Å². The first-order valence-corrected chi connectivity index (χ1v) is 4.38. The van der Waals surface area contributed by atoms with Crippen molar-refractivity contribution >= 4 is 0 Å². The Hall–Kier alpha value is -0.980. The zero-order valence-corrected chi connectivity index (χ0v) is 8.60. The van der Waals surface area contributed by atoms with Crippen LogP contribution in [0.25, 0.3) is 0 Å². The molecule has 68 valence electrons. The van der Waals surface area contributed by atoms with Gasteiger partial charge >= 0.3 is 0 Å². The fourth-order valence-electron chi connectivity index (χ4n) is 1.17. The van der Waals surface area contributed by atoms with Crippen LogP contribution in [0.15, 0.2) is 12.1 Å². The van der Waals surface area contributed by atoms with Crippen molar-refractivity contribution in [3.8, 4) is 5.75 Å². The Morgan fingerprint density at radius 3 is 1.58 bits per heavy atom. The lowest BCUT2D eigenvalue weighted by Crippen LogP contribution is -1.81. The largest absolute Gasteiger partial charge is 0.507 e. The molecule has 0 aliphatic heterocycles. The highest BCUT2D eigenvalue weighted by Crippen LogP contribution is 2.21. The molecule has 0 spiro atoms. The molecule has 0 aliphatic rings. The Bertz CT molecular complexity index is 228. The minimum atomic E-state index is 0.422. The summed E-state index contributed by atoms with van der Waals surface area (Å²) >= 11 is 0. The molecular formula is C11H18O. The first kappa shape index (κ1) is 11.0. The van der Waals surface area contributed by atoms with E-state index in [1.165, 1.54) is 5.56 Å². The quantitative estimate of drug-likeness (QED) is 0.626. The minimum absolute atomic E-state index is 0.422. The summed E-state index contributed by atoms with van der Waals surface area (Å²) in [5, 5.41) is 9.33. The van der Waals surface area contributed by atoms with E-state index in [4.69, 9.17) is 0 Å². The van der Waals surface area contributed by atoms with E-state index in [0.717, 1.165) is 11.1 Å². The van der Waals surface area contributed by atoms with E-state index in [1.807, 2.05) is 46.8 Å². The Balaban J connectivity index is 0.000000561. The van der Waals surface area contributed by atoms with Gasteiger partial charge in [-0.3, -0.25) is 0 Å². The molecule has 0 amide bonds. The summed E-state index contributed by atoms with van der Waals surface area (Å²) in [6.45, 7) is 9.85. The molecule has 0 aliphatic carbocycles. The third-order valence-electron chi connectivity index (χ3n) is 1.64. The zero-order valence-electron chi connectivity index (χ0n) is 8.60. The zero-order chi connectivity index (χ0) is 9.72. The number of phenols is 1. The monoisotopic (exact) mass is 166 g/mol. The number of hydrogen-bond acceptors (Lipinski definition) is 1. The predicted molar refractivity (Wildman–Crippen MR) is 53.7 cm³/mol. The highest BCUT2D eigenvalue weighted by atomic mass is 16.3. The van der Waals surface area contributed by atoms with E-state index in [2.05, 4.69) is 0 Å². The van der Waals surface area contributed by atoms with Crippen LogP contribution in [0, 0.1) is 20.8 Å². The minimum Gasteiger partial charge on any atom is -0.507 e. The van der Waals surface area contributed by atoms with E-state index in [0.29, 0.717) is 5.75 Å². The Morgan fingerprint density at radius 2 is 1.25 bits per heavy atom. The molecule has 1 aromatic rings. The van der Waals surface area contributed by atoms with Gasteiger partial charge < -0.3 is 5.11 Å². The molecule has 1 aromatic carbocycles. The summed E-state index contributed by atoms with van der Waals surface area (Å²) in [5.41, 5.74) is 3.11. The summed E-state index contributed by atoms with van der Waals surface area (Å²) in [6.07, 6.45) is 0. The SMILES string of the molecule is CC.Cc1cc(C)c(O)c(C)c1. The smallest absolute Gasteiger partial charge is 0.121 e. The molecule has 0 fully saturated rings. The van der Waals surface area contributed by atoms with Gasteiger partial charge in [-0.05, 0) is 31.9 Å². The Labute approximate surface area is 75.1 Å². The van der Waals surface area contributed by atoms with E-state index in [9.17, 15) is 5.11 Å². The van der Waals surface area contributed by atoms with Crippen molar-refractivity contribution < 1.29 is 5.11 Å². The van der Waals surface area contributed by atoms with Crippen molar-refractivity contribution in [2.24, 2.45) is 0 Å². The van der Waals surface area contributed by atoms with Gasteiger partial charge in [0.1, 0.15) is 5.75 Å². The number of phenolic OH excluding ortho intramolecular Hbond substituents is 1. The molecule has 0 unspecified atom stereocenters. The lowest BCUT2D eigenvalue weighted by atomic mass is 10.1. The third-order valence-corrected chi connectivity index (χ3v) is 1.64. The molecule has 1 rings (SSSR count). The van der Waals surface area contributed by atoms with Crippen LogP contribution in [0.5, 0.6) is 5.75 Å². The highest BCUT2D eigenvalue weighted by molar-refractivity contribution is 5.41. The van der Waals surface area contributed by atoms with Gasteiger partial charge in [0, 0.05) is 0 Å². The standard InChI is InChI=1S/C9H12O.C2H6/c1-6-4-7(2)9(10)8(3)5-6;1-2/h4-5,10H,1-3H3;1-2H3. The molecular weight excluding hydrogens is 148 g/mol. The molecule has 0 saturated heterocycles. The van der Waals surface area contributed by atoms with Gasteiger partial charge in [0.05, 0.1) is 0 Å². The summed E-state index contributed by atoms with van der Waals surface area (Å²) < 4.78 is 0. The van der Waals surface area contributed by atoms with Gasteiger partial charge in [-0.25, -0.2) is 0 Å². The maximum atomic E-state index is 9.33. The van der Waals surface area contributed by atoms with Crippen LogP contribution < -0.4 is 0 Å². The van der Waals surface area contributed by atoms with E-state index in [-0.39, 0.29) is 0 Å². The van der Waals surface area contributed by atoms with Crippen molar-refractivity contribution in [2.75, 3.05) is 0 Å². The van der Waals surface area contributed by atoms with Crippen molar-refractivity contribution in [3.05, 3.63) is 28.8 Å². The summed E-state index contributed by atoms with van der Waals surface area (Å²) in [4.78, 5) is 0. The number of hydrogen-bond donors (Lipinski definition) is 1. The van der Waals surface area contributed by atoms with Crippen molar-refractivity contribution in [1.82, 2.24) is 0 Å². The van der Waals surface area contributed by atoms with Crippen LogP contribution >= 0.6 is 0 Å². The number of aryl methyl sites for hydroxylation is 3. The maximum absolute atomic E-state index is 9.33. The van der Waals surface area contributed by atoms with E-state index >= 15 is 0 Å². The number of aromatic hydroxyl groups is 1. The molecule has 1 nitrogen and oxygen atoms in total. The van der Waals surface area contributed by atoms with Crippen LogP contribution in [-0.4, -0.2) is 5.11 Å². The number of rotatable bonds is 0. The van der Waals surface area contributed by atoms with Crippen LogP contribution in [0.1, 0.15) is 30.5 Å². The molecule has 12 heavy (non-hydrogen) atoms. The van der Waals surface area contributed by atoms with Crippen LogP contribution in [-0.2, 0) is 0 Å². The van der Waals surface area contributed by atoms with E-state index in [1.54, 1.807) is 0 Å². The molecule has 0 bridgehead atoms. The number of benzene rings is 1. The van der Waals surface area contributed by atoms with Gasteiger partial charge in [0.15, 0.2) is 0 Å². The summed E-state index contributed by atoms with van der Waals surface area (Å²) in [7, 11) is 0. The Morgan fingerprint density at radius 1 is 0.917 bits per heavy atom. The van der Waals surface area contributed by atoms with E-state index < -0.39 is 0 Å². The molecule has 1 N–H and O–H groups in total. The van der Waals surface area contributed by atoms with Crippen molar-refractivity contribution in [1.29, 1.82) is 0 Å². The topological polar surface area (TPSA) is 20.2 Å². The molecule has 0 radical (unpaired) electrons. The van der Waals surface area contributed by atoms with Crippen molar-refractivity contribution in [3.63, 3.8) is 0 Å². The van der Waals surface area contributed by atoms with Crippen LogP contribution in [0.4, 0.5) is 0 Å². The molecule has 0 saturated carbocycles. The van der Waals surface area contributed by atoms with Crippen LogP contribution in [0.2, 0.25) is 0 Å². The van der Waals surface area contributed by atoms with Gasteiger partial charge in [0.2, 0.25) is 0 Å². The van der Waals surface area contributed by atoms with Crippen molar-refractivity contribution in [2.45, 2.75) is 34.6 Å². The second-order valence-electron chi connectivity index (χ2n) is 2.75. The fourth-order valence-corrected chi connectivity index (χ4v) is 1.17. The lowest BCUT2D eigenvalue weighted by Gasteiger charge is -2.03. The average molecular weight is 166 g/mol.